The Morgan fingerprint density at radius 2 is 1.75 bits per heavy atom. The number of nitrogens with zero attached hydrogens (tertiary/aromatic N) is 1. The van der Waals surface area contributed by atoms with E-state index >= 15 is 0 Å². The highest BCUT2D eigenvalue weighted by atomic mass is 16.4. The van der Waals surface area contributed by atoms with Crippen LogP contribution in [-0.4, -0.2) is 41.6 Å². The molecule has 1 aliphatic rings. The van der Waals surface area contributed by atoms with Crippen LogP contribution in [0.15, 0.2) is 0 Å². The summed E-state index contributed by atoms with van der Waals surface area (Å²) in [5.41, 5.74) is 0. The van der Waals surface area contributed by atoms with Crippen molar-refractivity contribution >= 4 is 12.0 Å². The maximum atomic E-state index is 12.1. The first-order chi connectivity index (χ1) is 9.49. The minimum Gasteiger partial charge on any atom is -0.481 e. The second-order valence-corrected chi connectivity index (χ2v) is 6.18. The molecule has 1 atom stereocenters. The molecule has 2 N–H and O–H groups in total. The van der Waals surface area contributed by atoms with Gasteiger partial charge in [-0.1, -0.05) is 26.7 Å². The van der Waals surface area contributed by atoms with Crippen LogP contribution in [0.2, 0.25) is 0 Å². The van der Waals surface area contributed by atoms with Crippen LogP contribution in [0, 0.1) is 11.8 Å². The zero-order valence-electron chi connectivity index (χ0n) is 12.7. The third kappa shape index (κ3) is 6.78. The maximum absolute atomic E-state index is 12.1. The predicted molar refractivity (Wildman–Crippen MR) is 78.6 cm³/mol. The van der Waals surface area contributed by atoms with Crippen molar-refractivity contribution in [1.82, 2.24) is 10.2 Å². The SMILES string of the molecule is CC(C)C[C@H](CNC(=O)N1CCCCCC1)CC(=O)O. The number of urea groups is 1. The largest absolute Gasteiger partial charge is 0.481 e. The number of nitrogens with one attached hydrogen (secondary N) is 1. The minimum atomic E-state index is -0.792. The number of amides is 2. The van der Waals surface area contributed by atoms with Gasteiger partial charge in [-0.2, -0.15) is 0 Å². The van der Waals surface area contributed by atoms with Crippen molar-refractivity contribution in [1.29, 1.82) is 0 Å². The predicted octanol–water partition coefficient (Wildman–Crippen LogP) is 2.71. The Labute approximate surface area is 121 Å². The van der Waals surface area contributed by atoms with Crippen LogP contribution >= 0.6 is 0 Å². The number of carbonyl (C=O) groups excluding carboxylic acids is 1. The summed E-state index contributed by atoms with van der Waals surface area (Å²) >= 11 is 0. The molecule has 0 aromatic heterocycles. The quantitative estimate of drug-likeness (QED) is 0.788. The molecule has 0 radical (unpaired) electrons. The van der Waals surface area contributed by atoms with E-state index in [1.165, 1.54) is 12.8 Å². The van der Waals surface area contributed by atoms with E-state index in [0.717, 1.165) is 32.4 Å². The lowest BCUT2D eigenvalue weighted by atomic mass is 9.94. The van der Waals surface area contributed by atoms with Gasteiger partial charge < -0.3 is 15.3 Å². The normalized spacial score (nSPS) is 17.6. The second kappa shape index (κ2) is 8.82. The number of carbonyl (C=O) groups is 2. The molecule has 0 unspecified atom stereocenters. The molecule has 1 rings (SSSR count). The lowest BCUT2D eigenvalue weighted by molar-refractivity contribution is -0.138. The number of hydrogen-bond donors (Lipinski definition) is 2. The minimum absolute atomic E-state index is 0.0171. The van der Waals surface area contributed by atoms with E-state index in [1.807, 2.05) is 4.90 Å². The van der Waals surface area contributed by atoms with Crippen molar-refractivity contribution in [3.05, 3.63) is 0 Å². The fourth-order valence-corrected chi connectivity index (χ4v) is 2.77. The Bertz CT molecular complexity index is 310. The van der Waals surface area contributed by atoms with Gasteiger partial charge in [-0.15, -0.1) is 0 Å². The first-order valence-electron chi connectivity index (χ1n) is 7.73. The molecule has 1 saturated heterocycles. The number of hydrogen-bond acceptors (Lipinski definition) is 2. The summed E-state index contributed by atoms with van der Waals surface area (Å²) in [6.07, 6.45) is 5.47. The average molecular weight is 284 g/mol. The summed E-state index contributed by atoms with van der Waals surface area (Å²) in [5, 5.41) is 11.8. The van der Waals surface area contributed by atoms with Crippen molar-refractivity contribution in [2.75, 3.05) is 19.6 Å². The van der Waals surface area contributed by atoms with Crippen LogP contribution in [0.25, 0.3) is 0 Å². The lowest BCUT2D eigenvalue weighted by Crippen LogP contribution is -2.42. The van der Waals surface area contributed by atoms with E-state index in [2.05, 4.69) is 19.2 Å². The number of rotatable bonds is 6. The van der Waals surface area contributed by atoms with Crippen molar-refractivity contribution < 1.29 is 14.7 Å². The summed E-state index contributed by atoms with van der Waals surface area (Å²) in [6.45, 7) is 6.25. The van der Waals surface area contributed by atoms with Gasteiger partial charge >= 0.3 is 12.0 Å². The van der Waals surface area contributed by atoms with Crippen molar-refractivity contribution in [2.45, 2.75) is 52.4 Å². The summed E-state index contributed by atoms with van der Waals surface area (Å²) in [5.74, 6) is -0.336. The summed E-state index contributed by atoms with van der Waals surface area (Å²) in [6, 6.07) is -0.0361. The molecular weight excluding hydrogens is 256 g/mol. The fourth-order valence-electron chi connectivity index (χ4n) is 2.77. The Morgan fingerprint density at radius 3 is 2.25 bits per heavy atom. The van der Waals surface area contributed by atoms with Crippen molar-refractivity contribution in [3.63, 3.8) is 0 Å². The molecule has 0 aliphatic carbocycles. The number of aliphatic carboxylic acids is 1. The van der Waals surface area contributed by atoms with Gasteiger partial charge in [0.1, 0.15) is 0 Å². The van der Waals surface area contributed by atoms with Crippen LogP contribution in [0.1, 0.15) is 52.4 Å². The smallest absolute Gasteiger partial charge is 0.317 e. The molecule has 0 saturated carbocycles. The van der Waals surface area contributed by atoms with E-state index < -0.39 is 5.97 Å². The highest BCUT2D eigenvalue weighted by Gasteiger charge is 2.19. The number of carboxylic acid groups (broad SMARTS) is 1. The molecule has 5 nitrogen and oxygen atoms in total. The molecule has 5 heteroatoms. The summed E-state index contributed by atoms with van der Waals surface area (Å²) < 4.78 is 0. The van der Waals surface area contributed by atoms with E-state index in [0.29, 0.717) is 12.5 Å². The lowest BCUT2D eigenvalue weighted by Gasteiger charge is -2.23. The average Bonchev–Trinajstić information content (AvgIpc) is 2.63. The fraction of sp³-hybridized carbons (Fsp3) is 0.867. The van der Waals surface area contributed by atoms with Crippen LogP contribution in [-0.2, 0) is 4.79 Å². The zero-order chi connectivity index (χ0) is 15.0. The van der Waals surface area contributed by atoms with Crippen LogP contribution < -0.4 is 5.32 Å². The van der Waals surface area contributed by atoms with Gasteiger partial charge in [0.05, 0.1) is 0 Å². The van der Waals surface area contributed by atoms with Crippen LogP contribution in [0.4, 0.5) is 4.79 Å². The maximum Gasteiger partial charge on any atom is 0.317 e. The van der Waals surface area contributed by atoms with Gasteiger partial charge in [0.25, 0.3) is 0 Å². The molecule has 0 aromatic carbocycles. The first-order valence-corrected chi connectivity index (χ1v) is 7.73. The number of carboxylic acids is 1. The molecule has 20 heavy (non-hydrogen) atoms. The van der Waals surface area contributed by atoms with Gasteiger partial charge in [0, 0.05) is 26.1 Å². The highest BCUT2D eigenvalue weighted by Crippen LogP contribution is 2.15. The molecule has 0 bridgehead atoms. The first kappa shape index (κ1) is 16.8. The molecule has 2 amide bonds. The van der Waals surface area contributed by atoms with Crippen molar-refractivity contribution in [3.8, 4) is 0 Å². The van der Waals surface area contributed by atoms with Crippen LogP contribution in [0.5, 0.6) is 0 Å². The second-order valence-electron chi connectivity index (χ2n) is 6.18. The number of likely N-dealkylation sites (tertiary alicyclic amines) is 1. The zero-order valence-corrected chi connectivity index (χ0v) is 12.7. The van der Waals surface area contributed by atoms with Gasteiger partial charge in [0.15, 0.2) is 0 Å². The van der Waals surface area contributed by atoms with Gasteiger partial charge in [0.2, 0.25) is 0 Å². The third-order valence-corrected chi connectivity index (χ3v) is 3.70. The monoisotopic (exact) mass is 284 g/mol. The summed E-state index contributed by atoms with van der Waals surface area (Å²) in [4.78, 5) is 24.8. The molecule has 116 valence electrons. The molecule has 1 fully saturated rings. The van der Waals surface area contributed by atoms with E-state index in [9.17, 15) is 9.59 Å². The van der Waals surface area contributed by atoms with Crippen molar-refractivity contribution in [2.24, 2.45) is 11.8 Å². The summed E-state index contributed by atoms with van der Waals surface area (Å²) in [7, 11) is 0. The Morgan fingerprint density at radius 1 is 1.15 bits per heavy atom. The molecule has 0 spiro atoms. The third-order valence-electron chi connectivity index (χ3n) is 3.70. The van der Waals surface area contributed by atoms with E-state index in [1.54, 1.807) is 0 Å². The Kier molecular flexibility index (Phi) is 7.41. The molecule has 1 heterocycles. The topological polar surface area (TPSA) is 69.6 Å². The van der Waals surface area contributed by atoms with E-state index in [-0.39, 0.29) is 18.4 Å². The molecule has 1 aliphatic heterocycles. The molecular formula is C15H28N2O3. The van der Waals surface area contributed by atoms with Gasteiger partial charge in [-0.25, -0.2) is 4.79 Å². The van der Waals surface area contributed by atoms with Crippen LogP contribution in [0.3, 0.4) is 0 Å². The standard InChI is InChI=1S/C15H28N2O3/c1-12(2)9-13(10-14(18)19)11-16-15(20)17-7-5-3-4-6-8-17/h12-13H,3-11H2,1-2H3,(H,16,20)(H,18,19)/t13-/m0/s1. The highest BCUT2D eigenvalue weighted by molar-refractivity contribution is 5.74. The molecule has 0 aromatic rings. The van der Waals surface area contributed by atoms with Gasteiger partial charge in [-0.3, -0.25) is 4.79 Å². The van der Waals surface area contributed by atoms with Gasteiger partial charge in [-0.05, 0) is 31.1 Å². The Hall–Kier alpha value is -1.26. The Balaban J connectivity index is 2.39. The van der Waals surface area contributed by atoms with E-state index in [4.69, 9.17) is 5.11 Å².